The normalized spacial score (nSPS) is 11.1. The maximum Gasteiger partial charge on any atom is 0.335 e. The summed E-state index contributed by atoms with van der Waals surface area (Å²) in [4.78, 5) is 20.0. The summed E-state index contributed by atoms with van der Waals surface area (Å²) < 4.78 is 2.15. The summed E-state index contributed by atoms with van der Waals surface area (Å²) in [6.07, 6.45) is 8.79. The molecular weight excluding hydrogens is 316 g/mol. The van der Waals surface area contributed by atoms with Crippen LogP contribution in [0.4, 0.5) is 0 Å². The fourth-order valence-electron chi connectivity index (χ4n) is 2.99. The van der Waals surface area contributed by atoms with Crippen molar-refractivity contribution in [1.29, 1.82) is 0 Å². The van der Waals surface area contributed by atoms with Crippen molar-refractivity contribution in [3.63, 3.8) is 0 Å². The van der Waals surface area contributed by atoms with Crippen molar-refractivity contribution in [3.05, 3.63) is 47.9 Å². The van der Waals surface area contributed by atoms with E-state index in [0.29, 0.717) is 17.9 Å². The Bertz CT molecular complexity index is 902. The van der Waals surface area contributed by atoms with Crippen molar-refractivity contribution >= 4 is 16.9 Å². The molecule has 0 unspecified atom stereocenters. The molecule has 3 heterocycles. The predicted molar refractivity (Wildman–Crippen MR) is 97.6 cm³/mol. The molecule has 0 fully saturated rings. The Kier molecular flexibility index (Phi) is 5.09. The Labute approximate surface area is 146 Å². The van der Waals surface area contributed by atoms with Gasteiger partial charge in [-0.05, 0) is 36.6 Å². The maximum atomic E-state index is 11.2. The summed E-state index contributed by atoms with van der Waals surface area (Å²) >= 11 is 0. The molecule has 0 atom stereocenters. The number of unbranched alkanes of at least 4 members (excludes halogenated alkanes) is 1. The van der Waals surface area contributed by atoms with E-state index in [1.807, 2.05) is 12.3 Å². The minimum Gasteiger partial charge on any atom is -0.478 e. The Morgan fingerprint density at radius 1 is 1.28 bits per heavy atom. The van der Waals surface area contributed by atoms with Crippen LogP contribution in [-0.2, 0) is 13.0 Å². The maximum absolute atomic E-state index is 11.2. The number of aromatic nitrogens is 3. The number of carboxylic acid groups (broad SMARTS) is 1. The molecule has 3 aromatic heterocycles. The lowest BCUT2D eigenvalue weighted by molar-refractivity contribution is 0.0697. The Morgan fingerprint density at radius 2 is 2.08 bits per heavy atom. The second kappa shape index (κ2) is 7.44. The van der Waals surface area contributed by atoms with E-state index in [9.17, 15) is 4.79 Å². The number of fused-ring (bicyclic) bond motifs is 1. The zero-order valence-corrected chi connectivity index (χ0v) is 14.3. The van der Waals surface area contributed by atoms with Crippen LogP contribution in [0.15, 0.2) is 36.8 Å². The second-order valence-electron chi connectivity index (χ2n) is 6.06. The van der Waals surface area contributed by atoms with Gasteiger partial charge >= 0.3 is 5.97 Å². The largest absolute Gasteiger partial charge is 0.478 e. The van der Waals surface area contributed by atoms with Gasteiger partial charge in [0.25, 0.3) is 0 Å². The van der Waals surface area contributed by atoms with Crippen molar-refractivity contribution < 1.29 is 9.90 Å². The van der Waals surface area contributed by atoms with Crippen LogP contribution in [0.25, 0.3) is 22.3 Å². The van der Waals surface area contributed by atoms with Crippen LogP contribution in [0.2, 0.25) is 0 Å². The predicted octanol–water partition coefficient (Wildman–Crippen LogP) is 3.10. The molecule has 0 aliphatic carbocycles. The topological polar surface area (TPSA) is 94.0 Å². The summed E-state index contributed by atoms with van der Waals surface area (Å²) in [5.41, 5.74) is 9.50. The van der Waals surface area contributed by atoms with Crippen LogP contribution in [0.5, 0.6) is 0 Å². The summed E-state index contributed by atoms with van der Waals surface area (Å²) in [5.74, 6) is -0.974. The second-order valence-corrected chi connectivity index (χ2v) is 6.06. The van der Waals surface area contributed by atoms with Crippen LogP contribution in [0.3, 0.4) is 0 Å². The zero-order chi connectivity index (χ0) is 17.8. The highest BCUT2D eigenvalue weighted by atomic mass is 16.4. The molecule has 3 rings (SSSR count). The summed E-state index contributed by atoms with van der Waals surface area (Å²) in [6, 6.07) is 4.99. The van der Waals surface area contributed by atoms with Gasteiger partial charge in [0.05, 0.1) is 22.5 Å². The molecule has 130 valence electrons. The highest BCUT2D eigenvalue weighted by Crippen LogP contribution is 2.26. The number of pyridine rings is 2. The first kappa shape index (κ1) is 17.1. The van der Waals surface area contributed by atoms with Crippen LogP contribution in [0, 0.1) is 0 Å². The van der Waals surface area contributed by atoms with E-state index in [0.717, 1.165) is 36.7 Å². The molecule has 6 nitrogen and oxygen atoms in total. The van der Waals surface area contributed by atoms with E-state index >= 15 is 0 Å². The van der Waals surface area contributed by atoms with Gasteiger partial charge in [-0.2, -0.15) is 0 Å². The van der Waals surface area contributed by atoms with Gasteiger partial charge in [-0.15, -0.1) is 0 Å². The van der Waals surface area contributed by atoms with Gasteiger partial charge in [0, 0.05) is 37.1 Å². The fraction of sp³-hybridized carbons (Fsp3) is 0.316. The average Bonchev–Trinajstić information content (AvgIpc) is 2.97. The van der Waals surface area contributed by atoms with Crippen molar-refractivity contribution in [2.75, 3.05) is 6.54 Å². The highest BCUT2D eigenvalue weighted by molar-refractivity contribution is 5.90. The SMILES string of the molecule is CCCCc1cn(CCN)c2cc(-c3cc(C(=O)O)ccn3)ncc12. The first-order valence-corrected chi connectivity index (χ1v) is 8.51. The minimum absolute atomic E-state index is 0.202. The number of nitrogens with two attached hydrogens (primary N) is 1. The van der Waals surface area contributed by atoms with E-state index in [1.54, 1.807) is 6.07 Å². The third-order valence-corrected chi connectivity index (χ3v) is 4.29. The molecule has 0 aliphatic heterocycles. The molecule has 0 radical (unpaired) electrons. The quantitative estimate of drug-likeness (QED) is 0.690. The van der Waals surface area contributed by atoms with Gasteiger partial charge in [0.1, 0.15) is 0 Å². The highest BCUT2D eigenvalue weighted by Gasteiger charge is 2.12. The van der Waals surface area contributed by atoms with E-state index < -0.39 is 5.97 Å². The number of aromatic carboxylic acids is 1. The molecule has 3 aromatic rings. The van der Waals surface area contributed by atoms with Gasteiger partial charge in [-0.25, -0.2) is 4.79 Å². The number of carbonyl (C=O) groups is 1. The molecule has 3 N–H and O–H groups in total. The van der Waals surface area contributed by atoms with Crippen molar-refractivity contribution in [1.82, 2.24) is 14.5 Å². The number of rotatable bonds is 7. The Balaban J connectivity index is 2.08. The Hall–Kier alpha value is -2.73. The molecule has 25 heavy (non-hydrogen) atoms. The van der Waals surface area contributed by atoms with Gasteiger partial charge in [-0.1, -0.05) is 13.3 Å². The average molecular weight is 338 g/mol. The van der Waals surface area contributed by atoms with Crippen LogP contribution >= 0.6 is 0 Å². The number of hydrogen-bond donors (Lipinski definition) is 2. The summed E-state index contributed by atoms with van der Waals surface area (Å²) in [7, 11) is 0. The molecule has 0 spiro atoms. The van der Waals surface area contributed by atoms with Gasteiger partial charge in [-0.3, -0.25) is 9.97 Å². The van der Waals surface area contributed by atoms with E-state index in [4.69, 9.17) is 10.8 Å². The lowest BCUT2D eigenvalue weighted by Crippen LogP contribution is -2.08. The van der Waals surface area contributed by atoms with Crippen LogP contribution in [-0.4, -0.2) is 32.2 Å². The number of hydrogen-bond acceptors (Lipinski definition) is 4. The lowest BCUT2D eigenvalue weighted by atomic mass is 10.1. The number of nitrogens with zero attached hydrogens (tertiary/aromatic N) is 3. The third-order valence-electron chi connectivity index (χ3n) is 4.29. The molecule has 0 amide bonds. The molecule has 0 saturated carbocycles. The summed E-state index contributed by atoms with van der Waals surface area (Å²) in [6.45, 7) is 3.46. The van der Waals surface area contributed by atoms with Crippen LogP contribution < -0.4 is 5.73 Å². The zero-order valence-electron chi connectivity index (χ0n) is 14.3. The Morgan fingerprint density at radius 3 is 2.80 bits per heavy atom. The number of carboxylic acids is 1. The standard InChI is InChI=1S/C19H22N4O2/c1-2-3-4-14-12-23(8-6-20)18-10-17(22-11-15(14)18)16-9-13(19(24)25)5-7-21-16/h5,7,9-12H,2-4,6,8,20H2,1H3,(H,24,25). The lowest BCUT2D eigenvalue weighted by Gasteiger charge is -2.05. The number of aryl methyl sites for hydroxylation is 1. The molecule has 0 saturated heterocycles. The van der Waals surface area contributed by atoms with E-state index in [1.165, 1.54) is 17.8 Å². The van der Waals surface area contributed by atoms with E-state index in [-0.39, 0.29) is 5.56 Å². The monoisotopic (exact) mass is 338 g/mol. The molecule has 0 bridgehead atoms. The van der Waals surface area contributed by atoms with Crippen molar-refractivity contribution in [2.45, 2.75) is 32.7 Å². The van der Waals surface area contributed by atoms with Gasteiger partial charge in [0.15, 0.2) is 0 Å². The molecular formula is C19H22N4O2. The third kappa shape index (κ3) is 3.53. The van der Waals surface area contributed by atoms with Gasteiger partial charge < -0.3 is 15.4 Å². The minimum atomic E-state index is -0.974. The molecule has 6 heteroatoms. The smallest absolute Gasteiger partial charge is 0.335 e. The van der Waals surface area contributed by atoms with Crippen LogP contribution in [0.1, 0.15) is 35.7 Å². The van der Waals surface area contributed by atoms with Crippen molar-refractivity contribution in [3.8, 4) is 11.4 Å². The molecule has 0 aliphatic rings. The fourth-order valence-corrected chi connectivity index (χ4v) is 2.99. The first-order valence-electron chi connectivity index (χ1n) is 8.51. The van der Waals surface area contributed by atoms with Crippen molar-refractivity contribution in [2.24, 2.45) is 5.73 Å². The first-order chi connectivity index (χ1) is 12.1. The molecule has 0 aromatic carbocycles. The van der Waals surface area contributed by atoms with Gasteiger partial charge in [0.2, 0.25) is 0 Å². The van der Waals surface area contributed by atoms with E-state index in [2.05, 4.69) is 27.7 Å². The summed E-state index contributed by atoms with van der Waals surface area (Å²) in [5, 5.41) is 10.3.